The lowest BCUT2D eigenvalue weighted by Crippen LogP contribution is -2.13. The summed E-state index contributed by atoms with van der Waals surface area (Å²) < 4.78 is 54.3. The van der Waals surface area contributed by atoms with Crippen molar-refractivity contribution >= 4 is 0 Å². The van der Waals surface area contributed by atoms with E-state index in [9.17, 15) is 18.8 Å². The zero-order valence-corrected chi connectivity index (χ0v) is 59.1. The van der Waals surface area contributed by atoms with Crippen LogP contribution in [0, 0.1) is 5.82 Å². The van der Waals surface area contributed by atoms with Crippen LogP contribution in [0.1, 0.15) is 296 Å². The average Bonchev–Trinajstić information content (AvgIpc) is 1.85. The molecule has 17 heteroatoms. The average molecular weight is 1330 g/mol. The van der Waals surface area contributed by atoms with Crippen LogP contribution < -0.4 is 36.2 Å². The van der Waals surface area contributed by atoms with Gasteiger partial charge >= 0.3 is 35.5 Å². The number of halogens is 1. The van der Waals surface area contributed by atoms with Gasteiger partial charge in [-0.25, -0.2) is 18.8 Å². The lowest BCUT2D eigenvalue weighted by atomic mass is 10.0. The van der Waals surface area contributed by atoms with Gasteiger partial charge in [-0.15, -0.1) is 0 Å². The summed E-state index contributed by atoms with van der Waals surface area (Å²) in [4.78, 5) is 36.0. The minimum Gasteiger partial charge on any atom is -0.489 e. The summed E-state index contributed by atoms with van der Waals surface area (Å²) in [7, 11) is 0. The van der Waals surface area contributed by atoms with Gasteiger partial charge in [0, 0.05) is 6.07 Å². The Morgan fingerprint density at radius 3 is 0.927 bits per heavy atom. The summed E-state index contributed by atoms with van der Waals surface area (Å²) in [5.41, 5.74) is 2.64. The number of hydrogen-bond acceptors (Lipinski definition) is 13. The lowest BCUT2D eigenvalue weighted by molar-refractivity contribution is 0.219. The molecule has 0 aliphatic carbocycles. The molecule has 4 aromatic carbocycles. The van der Waals surface area contributed by atoms with Crippen LogP contribution in [0.2, 0.25) is 0 Å². The summed E-state index contributed by atoms with van der Waals surface area (Å²) in [6.45, 7) is 8.75. The number of para-hydroxylation sites is 1. The molecule has 7 aromatic rings. The predicted molar refractivity (Wildman–Crippen MR) is 384 cm³/mol. The summed E-state index contributed by atoms with van der Waals surface area (Å²) in [5, 5.41) is 12.3. The first-order valence-electron chi connectivity index (χ1n) is 37.5. The Labute approximate surface area is 573 Å². The Hall–Kier alpha value is -7.17. The Morgan fingerprint density at radius 1 is 0.312 bits per heavy atom. The molecule has 0 spiro atoms. The monoisotopic (exact) mass is 1330 g/mol. The molecule has 3 aromatic heterocycles. The highest BCUT2D eigenvalue weighted by molar-refractivity contribution is 5.38. The molecule has 0 N–H and O–H groups in total. The zero-order chi connectivity index (χ0) is 68.0. The molecule has 532 valence electrons. The molecule has 0 aliphatic heterocycles. The molecule has 0 saturated heterocycles. The minimum atomic E-state index is -0.684. The topological polar surface area (TPSA) is 181 Å². The van der Waals surface area contributed by atoms with Gasteiger partial charge in [0.05, 0.1) is 36.9 Å². The Morgan fingerprint density at radius 2 is 0.594 bits per heavy atom. The maximum absolute atomic E-state index is 13.3. The molecule has 0 saturated carbocycles. The van der Waals surface area contributed by atoms with Gasteiger partial charge in [0.1, 0.15) is 18.2 Å². The molecule has 0 radical (unpaired) electrons. The second-order valence-corrected chi connectivity index (χ2v) is 25.6. The summed E-state index contributed by atoms with van der Waals surface area (Å²) in [6, 6.07) is 32.0. The van der Waals surface area contributed by atoms with E-state index < -0.39 is 23.1 Å². The quantitative estimate of drug-likeness (QED) is 0.0329. The first-order valence-corrected chi connectivity index (χ1v) is 37.5. The standard InChI is InChI=1S/C31H44N2O4.C24H37FN2O3.C24H38N2O3/c1-2-3-4-5-6-7-8-9-10-11-12-13-14-18-24-35-30-32-33(31(34)37-30)28-22-19-23-29(25-28)36-26-27-20-16-15-17-21-27;1-2-3-4-5-6-7-8-9-10-11-12-13-14-15-19-29-23-26-27(24(28)30-23)22-18-16-17-21(25)20-22;1-2-3-4-5-6-7-8-9-10-11-12-13-14-18-21-28-23-25-26(24(27)29-23)22-19-16-15-17-20-22/h15-17,19-23,25H,2-14,18,24,26H2,1H3;16-18,20H,2-15,19H2,1H3;15-17,19-20H,2-14,18,21H2,1H3. The van der Waals surface area contributed by atoms with Crippen LogP contribution in [0.25, 0.3) is 17.1 Å². The maximum atomic E-state index is 13.3. The summed E-state index contributed by atoms with van der Waals surface area (Å²) in [6.07, 6.45) is 55.0. The fraction of sp³-hybridized carbons (Fsp3) is 0.620. The van der Waals surface area contributed by atoms with E-state index in [1.807, 2.05) is 60.7 Å². The van der Waals surface area contributed by atoms with Crippen molar-refractivity contribution in [1.29, 1.82) is 0 Å². The predicted octanol–water partition coefficient (Wildman–Crippen LogP) is 21.8. The molecule has 16 nitrogen and oxygen atoms in total. The largest absolute Gasteiger partial charge is 0.489 e. The molecule has 0 fully saturated rings. The van der Waals surface area contributed by atoms with Crippen LogP contribution in [-0.4, -0.2) is 49.2 Å². The third-order valence-electron chi connectivity index (χ3n) is 17.1. The smallest absolute Gasteiger partial charge is 0.444 e. The molecule has 0 amide bonds. The third kappa shape index (κ3) is 36.3. The lowest BCUT2D eigenvalue weighted by Gasteiger charge is -2.07. The highest BCUT2D eigenvalue weighted by atomic mass is 19.1. The second-order valence-electron chi connectivity index (χ2n) is 25.6. The van der Waals surface area contributed by atoms with E-state index in [0.29, 0.717) is 49.2 Å². The SMILES string of the molecule is CCCCCCCCCCCCCCCCOc1nn(-c2cccc(F)c2)c(=O)o1.CCCCCCCCCCCCCCCCOc1nn(-c2cccc(OCc3ccccc3)c2)c(=O)o1.CCCCCCCCCCCCCCCCOc1nn(-c2ccccc2)c(=O)o1. The Bertz CT molecular complexity index is 3150. The van der Waals surface area contributed by atoms with E-state index in [2.05, 4.69) is 36.1 Å². The van der Waals surface area contributed by atoms with Crippen LogP contribution in [0.5, 0.6) is 24.0 Å². The first-order chi connectivity index (χ1) is 47.3. The van der Waals surface area contributed by atoms with Gasteiger partial charge in [-0.1, -0.05) is 347 Å². The van der Waals surface area contributed by atoms with Gasteiger partial charge in [0.2, 0.25) is 0 Å². The van der Waals surface area contributed by atoms with Crippen LogP contribution in [0.4, 0.5) is 4.39 Å². The normalized spacial score (nSPS) is 11.1. The number of hydrogen-bond donors (Lipinski definition) is 0. The van der Waals surface area contributed by atoms with E-state index in [4.69, 9.17) is 32.2 Å². The molecule has 0 bridgehead atoms. The van der Waals surface area contributed by atoms with Crippen molar-refractivity contribution in [2.24, 2.45) is 0 Å². The van der Waals surface area contributed by atoms with Crippen LogP contribution >= 0.6 is 0 Å². The molecule has 0 aliphatic rings. The third-order valence-corrected chi connectivity index (χ3v) is 17.1. The van der Waals surface area contributed by atoms with Crippen molar-refractivity contribution in [2.45, 2.75) is 297 Å². The van der Waals surface area contributed by atoms with Gasteiger partial charge in [0.15, 0.2) is 0 Å². The Kier molecular flexibility index (Phi) is 43.9. The van der Waals surface area contributed by atoms with Crippen LogP contribution in [-0.2, 0) is 6.61 Å². The highest BCUT2D eigenvalue weighted by Gasteiger charge is 2.15. The molecule has 96 heavy (non-hydrogen) atoms. The highest BCUT2D eigenvalue weighted by Crippen LogP contribution is 2.21. The number of aromatic nitrogens is 6. The summed E-state index contributed by atoms with van der Waals surface area (Å²) >= 11 is 0. The van der Waals surface area contributed by atoms with Gasteiger partial charge in [-0.2, -0.15) is 14.0 Å². The number of benzene rings is 4. The van der Waals surface area contributed by atoms with E-state index >= 15 is 0 Å². The zero-order valence-electron chi connectivity index (χ0n) is 59.1. The maximum Gasteiger partial charge on any atom is 0.444 e. The van der Waals surface area contributed by atoms with Gasteiger partial charge in [-0.3, -0.25) is 0 Å². The molecular weight excluding hydrogens is 1210 g/mol. The number of ether oxygens (including phenoxy) is 4. The van der Waals surface area contributed by atoms with E-state index in [-0.39, 0.29) is 18.2 Å². The van der Waals surface area contributed by atoms with Crippen molar-refractivity contribution < 1.29 is 36.6 Å². The number of unbranched alkanes of at least 4 members (excludes halogenated alkanes) is 39. The van der Waals surface area contributed by atoms with Crippen molar-refractivity contribution in [3.8, 4) is 41.0 Å². The Balaban J connectivity index is 0.000000263. The number of rotatable bonds is 54. The molecule has 3 heterocycles. The minimum absolute atomic E-state index is 0.00954. The van der Waals surface area contributed by atoms with Crippen molar-refractivity contribution in [3.05, 3.63) is 152 Å². The van der Waals surface area contributed by atoms with E-state index in [1.54, 1.807) is 30.3 Å². The summed E-state index contributed by atoms with van der Waals surface area (Å²) in [5.74, 6) is -1.56. The van der Waals surface area contributed by atoms with Crippen LogP contribution in [0.15, 0.2) is 137 Å². The van der Waals surface area contributed by atoms with Crippen molar-refractivity contribution in [3.63, 3.8) is 0 Å². The molecule has 7 rings (SSSR count). The molecule has 0 atom stereocenters. The van der Waals surface area contributed by atoms with Gasteiger partial charge < -0.3 is 32.2 Å². The fourth-order valence-corrected chi connectivity index (χ4v) is 11.4. The second kappa shape index (κ2) is 52.9. The van der Waals surface area contributed by atoms with Gasteiger partial charge in [-0.05, 0) is 67.3 Å². The first kappa shape index (κ1) is 79.5. The molecular formula is C79H119FN6O10. The number of nitrogens with zero attached hydrogens (tertiary/aromatic N) is 6. The van der Waals surface area contributed by atoms with E-state index in [0.717, 1.165) is 48.8 Å². The fourth-order valence-electron chi connectivity index (χ4n) is 11.4. The van der Waals surface area contributed by atoms with Crippen LogP contribution in [0.3, 0.4) is 0 Å². The van der Waals surface area contributed by atoms with Gasteiger partial charge in [0.25, 0.3) is 0 Å². The van der Waals surface area contributed by atoms with E-state index in [1.165, 1.54) is 259 Å². The molecule has 0 unspecified atom stereocenters. The van der Waals surface area contributed by atoms with Crippen molar-refractivity contribution in [2.75, 3.05) is 19.8 Å². The van der Waals surface area contributed by atoms with Crippen molar-refractivity contribution in [1.82, 2.24) is 29.3 Å².